The third-order valence-corrected chi connectivity index (χ3v) is 4.39. The van der Waals surface area contributed by atoms with Crippen molar-refractivity contribution in [3.63, 3.8) is 0 Å². The highest BCUT2D eigenvalue weighted by Crippen LogP contribution is 2.33. The minimum atomic E-state index is -1.09. The number of carbonyl (C=O) groups excluding carboxylic acids is 1. The molecule has 0 radical (unpaired) electrons. The predicted octanol–water partition coefficient (Wildman–Crippen LogP) is 4.49. The molecule has 2 unspecified atom stereocenters. The van der Waals surface area contributed by atoms with Crippen molar-refractivity contribution in [2.24, 2.45) is 5.92 Å². The summed E-state index contributed by atoms with van der Waals surface area (Å²) >= 11 is 0. The molecular formula is C17H30O4. The van der Waals surface area contributed by atoms with Gasteiger partial charge in [-0.1, -0.05) is 45.1 Å². The average Bonchev–Trinajstić information content (AvgIpc) is 2.49. The second-order valence-electron chi connectivity index (χ2n) is 6.17. The fourth-order valence-electron chi connectivity index (χ4n) is 2.68. The first-order valence-corrected chi connectivity index (χ1v) is 8.20. The average molecular weight is 298 g/mol. The van der Waals surface area contributed by atoms with E-state index in [2.05, 4.69) is 11.8 Å². The largest absolute Gasteiger partial charge is 0.347 e. The third kappa shape index (κ3) is 5.89. The summed E-state index contributed by atoms with van der Waals surface area (Å²) in [4.78, 5) is 16.4. The molecule has 4 heteroatoms. The summed E-state index contributed by atoms with van der Waals surface area (Å²) in [5.41, 5.74) is 0.794. The maximum Gasteiger partial charge on any atom is 0.202 e. The summed E-state index contributed by atoms with van der Waals surface area (Å²) in [5.74, 6) is -1.10. The SMILES string of the molecule is CCCCCCCCOC(C)(OO)C1CC=C(C)C(=O)C1. The van der Waals surface area contributed by atoms with E-state index in [0.717, 1.165) is 18.4 Å². The molecular weight excluding hydrogens is 268 g/mol. The van der Waals surface area contributed by atoms with Crippen molar-refractivity contribution < 1.29 is 19.7 Å². The van der Waals surface area contributed by atoms with Crippen LogP contribution in [-0.4, -0.2) is 23.4 Å². The molecule has 0 fully saturated rings. The van der Waals surface area contributed by atoms with E-state index in [4.69, 9.17) is 4.74 Å². The molecule has 1 N–H and O–H groups in total. The Labute approximate surface area is 128 Å². The first kappa shape index (κ1) is 18.3. The van der Waals surface area contributed by atoms with Crippen LogP contribution in [-0.2, 0) is 14.4 Å². The number of allylic oxidation sites excluding steroid dienone is 2. The van der Waals surface area contributed by atoms with Gasteiger partial charge in [-0.15, -0.1) is 0 Å². The van der Waals surface area contributed by atoms with Gasteiger partial charge in [-0.2, -0.15) is 0 Å². The van der Waals surface area contributed by atoms with Crippen molar-refractivity contribution in [1.82, 2.24) is 0 Å². The zero-order valence-corrected chi connectivity index (χ0v) is 13.7. The van der Waals surface area contributed by atoms with E-state index >= 15 is 0 Å². The highest BCUT2D eigenvalue weighted by molar-refractivity contribution is 5.95. The molecule has 0 amide bonds. The summed E-state index contributed by atoms with van der Waals surface area (Å²) in [6.07, 6.45) is 10.1. The molecule has 21 heavy (non-hydrogen) atoms. The summed E-state index contributed by atoms with van der Waals surface area (Å²) in [6, 6.07) is 0. The Morgan fingerprint density at radius 1 is 1.29 bits per heavy atom. The minimum Gasteiger partial charge on any atom is -0.347 e. The van der Waals surface area contributed by atoms with Crippen LogP contribution in [0.4, 0.5) is 0 Å². The number of hydrogen-bond acceptors (Lipinski definition) is 4. The first-order chi connectivity index (χ1) is 10.0. The molecule has 0 heterocycles. The van der Waals surface area contributed by atoms with Crippen LogP contribution >= 0.6 is 0 Å². The third-order valence-electron chi connectivity index (χ3n) is 4.39. The normalized spacial score (nSPS) is 22.0. The summed E-state index contributed by atoms with van der Waals surface area (Å²) < 4.78 is 5.75. The Bertz CT molecular complexity index is 351. The number of hydrogen-bond donors (Lipinski definition) is 1. The summed E-state index contributed by atoms with van der Waals surface area (Å²) in [5, 5.41) is 9.21. The Morgan fingerprint density at radius 3 is 2.57 bits per heavy atom. The predicted molar refractivity (Wildman–Crippen MR) is 82.9 cm³/mol. The zero-order chi connectivity index (χ0) is 15.7. The van der Waals surface area contributed by atoms with Crippen molar-refractivity contribution >= 4 is 5.78 Å². The van der Waals surface area contributed by atoms with Gasteiger partial charge in [0.05, 0.1) is 6.61 Å². The smallest absolute Gasteiger partial charge is 0.202 e. The van der Waals surface area contributed by atoms with E-state index in [0.29, 0.717) is 19.4 Å². The lowest BCUT2D eigenvalue weighted by Gasteiger charge is -2.35. The molecule has 2 atom stereocenters. The molecule has 0 saturated carbocycles. The van der Waals surface area contributed by atoms with E-state index in [1.807, 2.05) is 13.0 Å². The molecule has 0 bridgehead atoms. The van der Waals surface area contributed by atoms with Crippen molar-refractivity contribution in [3.05, 3.63) is 11.6 Å². The van der Waals surface area contributed by atoms with E-state index in [9.17, 15) is 10.1 Å². The van der Waals surface area contributed by atoms with E-state index < -0.39 is 5.79 Å². The van der Waals surface area contributed by atoms with E-state index in [-0.39, 0.29) is 11.7 Å². The van der Waals surface area contributed by atoms with Crippen LogP contribution in [0.1, 0.15) is 72.1 Å². The van der Waals surface area contributed by atoms with Crippen LogP contribution in [0.3, 0.4) is 0 Å². The van der Waals surface area contributed by atoms with Crippen LogP contribution in [0.5, 0.6) is 0 Å². The minimum absolute atomic E-state index is 0.109. The number of ether oxygens (including phenoxy) is 1. The fraction of sp³-hybridized carbons (Fsp3) is 0.824. The Hall–Kier alpha value is -0.710. The highest BCUT2D eigenvalue weighted by atomic mass is 17.1. The lowest BCUT2D eigenvalue weighted by Crippen LogP contribution is -2.42. The Morgan fingerprint density at radius 2 is 1.95 bits per heavy atom. The number of rotatable bonds is 10. The molecule has 1 rings (SSSR count). The maximum absolute atomic E-state index is 11.8. The van der Waals surface area contributed by atoms with E-state index in [1.54, 1.807) is 6.92 Å². The quantitative estimate of drug-likeness (QED) is 0.279. The van der Waals surface area contributed by atoms with Crippen molar-refractivity contribution in [2.45, 2.75) is 77.9 Å². The van der Waals surface area contributed by atoms with Crippen molar-refractivity contribution in [1.29, 1.82) is 0 Å². The maximum atomic E-state index is 11.8. The van der Waals surface area contributed by atoms with Gasteiger partial charge in [0.1, 0.15) is 0 Å². The molecule has 1 aliphatic carbocycles. The lowest BCUT2D eigenvalue weighted by atomic mass is 9.84. The van der Waals surface area contributed by atoms with Gasteiger partial charge in [0.25, 0.3) is 0 Å². The van der Waals surface area contributed by atoms with E-state index in [1.165, 1.54) is 25.7 Å². The van der Waals surface area contributed by atoms with Gasteiger partial charge in [-0.3, -0.25) is 4.79 Å². The number of ketones is 1. The second-order valence-corrected chi connectivity index (χ2v) is 6.17. The first-order valence-electron chi connectivity index (χ1n) is 8.20. The molecule has 122 valence electrons. The van der Waals surface area contributed by atoms with Crippen LogP contribution in [0.25, 0.3) is 0 Å². The molecule has 0 spiro atoms. The molecule has 0 saturated heterocycles. The highest BCUT2D eigenvalue weighted by Gasteiger charge is 2.39. The number of carbonyl (C=O) groups is 1. The van der Waals surface area contributed by atoms with Gasteiger partial charge in [-0.05, 0) is 32.3 Å². The van der Waals surface area contributed by atoms with Crippen LogP contribution in [0, 0.1) is 5.92 Å². The van der Waals surface area contributed by atoms with Gasteiger partial charge >= 0.3 is 0 Å². The Balaban J connectivity index is 2.33. The molecule has 0 aliphatic heterocycles. The van der Waals surface area contributed by atoms with Crippen LogP contribution in [0.15, 0.2) is 11.6 Å². The monoisotopic (exact) mass is 298 g/mol. The van der Waals surface area contributed by atoms with Gasteiger partial charge in [0.2, 0.25) is 5.79 Å². The molecule has 4 nitrogen and oxygen atoms in total. The van der Waals surface area contributed by atoms with Gasteiger partial charge in [-0.25, -0.2) is 10.1 Å². The summed E-state index contributed by atoms with van der Waals surface area (Å²) in [7, 11) is 0. The standard InChI is InChI=1S/C17H30O4/c1-4-5-6-7-8-9-12-20-17(3,21-19)15-11-10-14(2)16(18)13-15/h10,15,19H,4-9,11-13H2,1-3H3. The molecule has 1 aliphatic rings. The summed E-state index contributed by atoms with van der Waals surface area (Å²) in [6.45, 7) is 6.30. The molecule has 0 aromatic rings. The molecule has 0 aromatic carbocycles. The van der Waals surface area contributed by atoms with Gasteiger partial charge in [0.15, 0.2) is 5.78 Å². The zero-order valence-electron chi connectivity index (χ0n) is 13.7. The Kier molecular flexibility index (Phi) is 8.15. The van der Waals surface area contributed by atoms with Gasteiger partial charge in [0, 0.05) is 12.3 Å². The molecule has 0 aromatic heterocycles. The fourth-order valence-corrected chi connectivity index (χ4v) is 2.68. The number of Topliss-reactive ketones (excluding diaryl/α,β-unsaturated/α-hetero) is 1. The van der Waals surface area contributed by atoms with Crippen molar-refractivity contribution in [2.75, 3.05) is 6.61 Å². The lowest BCUT2D eigenvalue weighted by molar-refractivity contribution is -0.413. The van der Waals surface area contributed by atoms with Crippen molar-refractivity contribution in [3.8, 4) is 0 Å². The second kappa shape index (κ2) is 9.34. The number of unbranched alkanes of at least 4 members (excludes halogenated alkanes) is 5. The van der Waals surface area contributed by atoms with Crippen LogP contribution < -0.4 is 0 Å². The topological polar surface area (TPSA) is 55.8 Å². The van der Waals surface area contributed by atoms with Crippen LogP contribution in [0.2, 0.25) is 0 Å². The van der Waals surface area contributed by atoms with Gasteiger partial charge < -0.3 is 4.74 Å².